The van der Waals surface area contributed by atoms with Crippen LogP contribution in [-0.4, -0.2) is 51.4 Å². The highest BCUT2D eigenvalue weighted by atomic mass is 19.1. The second-order valence-electron chi connectivity index (χ2n) is 9.06. The van der Waals surface area contributed by atoms with Gasteiger partial charge in [0.2, 0.25) is 5.91 Å². The number of aromatic nitrogens is 3. The molecule has 0 atom stereocenters. The third-order valence-corrected chi connectivity index (χ3v) is 6.66. The maximum atomic E-state index is 13.0. The predicted molar refractivity (Wildman–Crippen MR) is 119 cm³/mol. The lowest BCUT2D eigenvalue weighted by molar-refractivity contribution is -0.121. The van der Waals surface area contributed by atoms with E-state index in [0.717, 1.165) is 54.1 Å². The number of anilines is 1. The van der Waals surface area contributed by atoms with Gasteiger partial charge in [-0.05, 0) is 54.7 Å². The number of aryl methyl sites for hydroxylation is 1. The van der Waals surface area contributed by atoms with Crippen LogP contribution in [0.2, 0.25) is 0 Å². The van der Waals surface area contributed by atoms with E-state index in [2.05, 4.69) is 32.4 Å². The van der Waals surface area contributed by atoms with Gasteiger partial charge in [-0.1, -0.05) is 12.1 Å². The zero-order valence-corrected chi connectivity index (χ0v) is 17.8. The van der Waals surface area contributed by atoms with Crippen LogP contribution >= 0.6 is 0 Å². The molecule has 3 heterocycles. The van der Waals surface area contributed by atoms with Crippen molar-refractivity contribution < 1.29 is 9.18 Å². The number of likely N-dealkylation sites (tertiary alicyclic amines) is 1. The molecule has 0 radical (unpaired) electrons. The molecule has 1 aliphatic carbocycles. The number of pyridine rings is 1. The van der Waals surface area contributed by atoms with Crippen LogP contribution in [0.15, 0.2) is 42.9 Å². The van der Waals surface area contributed by atoms with E-state index in [-0.39, 0.29) is 11.8 Å². The summed E-state index contributed by atoms with van der Waals surface area (Å²) in [5.74, 6) is 1.26. The zero-order valence-electron chi connectivity index (χ0n) is 17.8. The monoisotopic (exact) mass is 421 g/mol. The van der Waals surface area contributed by atoms with E-state index in [0.29, 0.717) is 24.8 Å². The van der Waals surface area contributed by atoms with Gasteiger partial charge in [0.25, 0.3) is 0 Å². The molecule has 1 aromatic carbocycles. The molecule has 2 aromatic heterocycles. The average Bonchev–Trinajstić information content (AvgIpc) is 3.19. The summed E-state index contributed by atoms with van der Waals surface area (Å²) in [6, 6.07) is 8.15. The molecule has 0 bridgehead atoms. The van der Waals surface area contributed by atoms with E-state index in [1.54, 1.807) is 10.9 Å². The smallest absolute Gasteiger partial charge is 0.228 e. The third-order valence-electron chi connectivity index (χ3n) is 6.66. The summed E-state index contributed by atoms with van der Waals surface area (Å²) in [6.07, 6.45) is 8.84. The number of nitrogens with zero attached hydrogens (tertiary/aromatic N) is 4. The zero-order chi connectivity index (χ0) is 21.4. The number of carbonyl (C=O) groups is 1. The lowest BCUT2D eigenvalue weighted by Crippen LogP contribution is -2.50. The maximum Gasteiger partial charge on any atom is 0.228 e. The van der Waals surface area contributed by atoms with E-state index >= 15 is 0 Å². The highest BCUT2D eigenvalue weighted by Crippen LogP contribution is 2.31. The second kappa shape index (κ2) is 8.38. The topological polar surface area (TPSA) is 63.1 Å². The Bertz CT molecular complexity index is 1080. The Morgan fingerprint density at radius 1 is 1.10 bits per heavy atom. The van der Waals surface area contributed by atoms with Crippen molar-refractivity contribution in [1.29, 1.82) is 0 Å². The number of hydrogen-bond donors (Lipinski definition) is 1. The molecule has 1 aliphatic heterocycles. The van der Waals surface area contributed by atoms with E-state index < -0.39 is 6.17 Å². The van der Waals surface area contributed by atoms with Crippen LogP contribution in [0, 0.1) is 11.8 Å². The molecule has 3 aromatic rings. The second-order valence-corrected chi connectivity index (χ2v) is 9.06. The highest BCUT2D eigenvalue weighted by molar-refractivity contribution is 5.95. The Kier molecular flexibility index (Phi) is 5.44. The number of halogens is 1. The Hall–Kier alpha value is -2.80. The Labute approximate surface area is 181 Å². The molecule has 2 aliphatic rings. The van der Waals surface area contributed by atoms with Gasteiger partial charge in [0.1, 0.15) is 12.0 Å². The summed E-state index contributed by atoms with van der Waals surface area (Å²) in [4.78, 5) is 19.4. The lowest BCUT2D eigenvalue weighted by Gasteiger charge is -2.38. The number of benzene rings is 1. The lowest BCUT2D eigenvalue weighted by atomic mass is 9.81. The normalized spacial score (nSPS) is 22.4. The van der Waals surface area contributed by atoms with Gasteiger partial charge in [-0.3, -0.25) is 14.4 Å². The van der Waals surface area contributed by atoms with Gasteiger partial charge in [0, 0.05) is 55.9 Å². The number of nitrogens with one attached hydrogen (secondary N) is 1. The third kappa shape index (κ3) is 4.46. The summed E-state index contributed by atoms with van der Waals surface area (Å²) < 4.78 is 14.8. The largest absolute Gasteiger partial charge is 0.310 e. The van der Waals surface area contributed by atoms with Crippen molar-refractivity contribution in [2.24, 2.45) is 18.9 Å². The maximum absolute atomic E-state index is 13.0. The van der Waals surface area contributed by atoms with Crippen molar-refractivity contribution in [2.45, 2.75) is 31.9 Å². The summed E-state index contributed by atoms with van der Waals surface area (Å²) in [7, 11) is 1.90. The van der Waals surface area contributed by atoms with Crippen molar-refractivity contribution in [1.82, 2.24) is 19.7 Å². The number of fused-ring (bicyclic) bond motifs is 1. The first-order valence-electron chi connectivity index (χ1n) is 11.1. The average molecular weight is 422 g/mol. The molecular weight excluding hydrogens is 393 g/mol. The predicted octanol–water partition coefficient (Wildman–Crippen LogP) is 4.03. The van der Waals surface area contributed by atoms with Crippen molar-refractivity contribution in [2.75, 3.05) is 25.0 Å². The first-order valence-corrected chi connectivity index (χ1v) is 11.1. The van der Waals surface area contributed by atoms with E-state index in [1.165, 1.54) is 0 Å². The molecule has 31 heavy (non-hydrogen) atoms. The SMILES string of the molecule is Cn1cc(-c2ccc3cnc(NC(=O)C4CCC(CN5CC(F)C5)CC4)cc3c2)cn1. The minimum Gasteiger partial charge on any atom is -0.310 e. The number of carbonyl (C=O) groups excluding carboxylic acids is 1. The van der Waals surface area contributed by atoms with Crippen LogP contribution < -0.4 is 5.32 Å². The molecule has 2 fully saturated rings. The molecule has 1 saturated carbocycles. The molecule has 6 nitrogen and oxygen atoms in total. The van der Waals surface area contributed by atoms with E-state index in [1.807, 2.05) is 31.6 Å². The number of hydrogen-bond acceptors (Lipinski definition) is 4. The van der Waals surface area contributed by atoms with Gasteiger partial charge in [0.15, 0.2) is 0 Å². The molecular formula is C24H28FN5O. The molecule has 0 unspecified atom stereocenters. The van der Waals surface area contributed by atoms with Crippen LogP contribution in [0.5, 0.6) is 0 Å². The quantitative estimate of drug-likeness (QED) is 0.676. The van der Waals surface area contributed by atoms with Gasteiger partial charge in [0.05, 0.1) is 6.20 Å². The van der Waals surface area contributed by atoms with Crippen molar-refractivity contribution >= 4 is 22.5 Å². The summed E-state index contributed by atoms with van der Waals surface area (Å²) in [6.45, 7) is 2.13. The fraction of sp³-hybridized carbons (Fsp3) is 0.458. The van der Waals surface area contributed by atoms with Crippen LogP contribution in [0.25, 0.3) is 21.9 Å². The molecule has 1 N–H and O–H groups in total. The fourth-order valence-electron chi connectivity index (χ4n) is 4.82. The van der Waals surface area contributed by atoms with Gasteiger partial charge >= 0.3 is 0 Å². The minimum atomic E-state index is -0.642. The van der Waals surface area contributed by atoms with Crippen LogP contribution in [0.3, 0.4) is 0 Å². The summed E-state index contributed by atoms with van der Waals surface area (Å²) in [5.41, 5.74) is 2.15. The first-order chi connectivity index (χ1) is 15.0. The van der Waals surface area contributed by atoms with Crippen molar-refractivity contribution in [3.8, 4) is 11.1 Å². The molecule has 1 amide bonds. The van der Waals surface area contributed by atoms with Crippen molar-refractivity contribution in [3.63, 3.8) is 0 Å². The molecule has 5 rings (SSSR count). The Morgan fingerprint density at radius 2 is 1.90 bits per heavy atom. The number of alkyl halides is 1. The Balaban J connectivity index is 1.21. The molecule has 0 spiro atoms. The van der Waals surface area contributed by atoms with E-state index in [4.69, 9.17) is 0 Å². The van der Waals surface area contributed by atoms with Gasteiger partial charge in [-0.25, -0.2) is 9.37 Å². The minimum absolute atomic E-state index is 0.0285. The first kappa shape index (κ1) is 20.1. The number of rotatable bonds is 5. The Morgan fingerprint density at radius 3 is 2.61 bits per heavy atom. The highest BCUT2D eigenvalue weighted by Gasteiger charge is 2.31. The van der Waals surface area contributed by atoms with Gasteiger partial charge < -0.3 is 5.32 Å². The molecule has 7 heteroatoms. The number of amides is 1. The standard InChI is InChI=1S/C24H28FN5O/c1-29-13-21(11-27-29)18-6-7-19-10-26-23(9-20(19)8-18)28-24(31)17-4-2-16(3-5-17)12-30-14-22(25)15-30/h6-11,13,16-17,22H,2-5,12,14-15H2,1H3,(H,26,28,31). The van der Waals surface area contributed by atoms with Crippen molar-refractivity contribution in [3.05, 3.63) is 42.9 Å². The van der Waals surface area contributed by atoms with Gasteiger partial charge in [-0.2, -0.15) is 5.10 Å². The summed E-state index contributed by atoms with van der Waals surface area (Å²) >= 11 is 0. The van der Waals surface area contributed by atoms with Crippen LogP contribution in [0.1, 0.15) is 25.7 Å². The fourth-order valence-corrected chi connectivity index (χ4v) is 4.82. The molecule has 162 valence electrons. The van der Waals surface area contributed by atoms with Crippen LogP contribution in [-0.2, 0) is 11.8 Å². The summed E-state index contributed by atoms with van der Waals surface area (Å²) in [5, 5.41) is 9.34. The van der Waals surface area contributed by atoms with Gasteiger partial charge in [-0.15, -0.1) is 0 Å². The molecule has 1 saturated heterocycles. The van der Waals surface area contributed by atoms with E-state index in [9.17, 15) is 9.18 Å². The van der Waals surface area contributed by atoms with Crippen LogP contribution in [0.4, 0.5) is 10.2 Å².